The van der Waals surface area contributed by atoms with Gasteiger partial charge in [0.2, 0.25) is 0 Å². The van der Waals surface area contributed by atoms with Crippen molar-refractivity contribution in [3.8, 4) is 0 Å². The number of hydrogen-bond donors (Lipinski definition) is 2. The summed E-state index contributed by atoms with van der Waals surface area (Å²) in [6.45, 7) is 1.35. The van der Waals surface area contributed by atoms with Gasteiger partial charge in [-0.15, -0.1) is 0 Å². The summed E-state index contributed by atoms with van der Waals surface area (Å²) in [5, 5.41) is 10.3. The van der Waals surface area contributed by atoms with E-state index in [0.717, 1.165) is 0 Å². The first-order valence-corrected chi connectivity index (χ1v) is 4.34. The van der Waals surface area contributed by atoms with Gasteiger partial charge in [-0.05, 0) is 6.92 Å². The molecule has 7 heteroatoms. The van der Waals surface area contributed by atoms with Crippen LogP contribution in [0.2, 0.25) is 0 Å². The number of carbonyl (C=O) groups is 3. The molecule has 86 valence electrons. The van der Waals surface area contributed by atoms with Crippen LogP contribution >= 0.6 is 0 Å². The zero-order valence-corrected chi connectivity index (χ0v) is 8.32. The highest BCUT2D eigenvalue weighted by Crippen LogP contribution is 1.84. The van der Waals surface area contributed by atoms with Crippen molar-refractivity contribution in [2.45, 2.75) is 13.3 Å². The standard InChI is InChI=1S/C8H13NO6/c1-2-14-7(12)5-9-8(13)15-4-3-6(10)11/h2-5H2,1H3,(H,9,13)(H,10,11). The molecule has 2 N–H and O–H groups in total. The third-order valence-electron chi connectivity index (χ3n) is 1.23. The predicted molar refractivity (Wildman–Crippen MR) is 48.2 cm³/mol. The van der Waals surface area contributed by atoms with Crippen LogP contribution in [0.15, 0.2) is 0 Å². The summed E-state index contributed by atoms with van der Waals surface area (Å²) in [5.41, 5.74) is 0. The van der Waals surface area contributed by atoms with E-state index in [1.54, 1.807) is 6.92 Å². The predicted octanol–water partition coefficient (Wildman–Crippen LogP) is -0.250. The summed E-state index contributed by atoms with van der Waals surface area (Å²) < 4.78 is 8.97. The average Bonchev–Trinajstić information content (AvgIpc) is 2.14. The van der Waals surface area contributed by atoms with Crippen molar-refractivity contribution in [1.29, 1.82) is 0 Å². The Morgan fingerprint density at radius 3 is 2.47 bits per heavy atom. The lowest BCUT2D eigenvalue weighted by molar-refractivity contribution is -0.142. The lowest BCUT2D eigenvalue weighted by atomic mass is 10.5. The monoisotopic (exact) mass is 219 g/mol. The fourth-order valence-corrected chi connectivity index (χ4v) is 0.638. The van der Waals surface area contributed by atoms with Crippen LogP contribution in [0.25, 0.3) is 0 Å². The molecule has 0 spiro atoms. The molecule has 0 rings (SSSR count). The number of alkyl carbamates (subject to hydrolysis) is 1. The summed E-state index contributed by atoms with van der Waals surface area (Å²) in [7, 11) is 0. The van der Waals surface area contributed by atoms with Gasteiger partial charge in [0.1, 0.15) is 13.2 Å². The minimum absolute atomic E-state index is 0.231. The number of carbonyl (C=O) groups excluding carboxylic acids is 2. The van der Waals surface area contributed by atoms with Crippen molar-refractivity contribution in [1.82, 2.24) is 5.32 Å². The van der Waals surface area contributed by atoms with Crippen molar-refractivity contribution in [3.63, 3.8) is 0 Å². The highest BCUT2D eigenvalue weighted by atomic mass is 16.6. The van der Waals surface area contributed by atoms with Gasteiger partial charge >= 0.3 is 18.0 Å². The van der Waals surface area contributed by atoms with E-state index in [-0.39, 0.29) is 26.2 Å². The van der Waals surface area contributed by atoms with Crippen LogP contribution in [0.5, 0.6) is 0 Å². The van der Waals surface area contributed by atoms with Crippen LogP contribution < -0.4 is 5.32 Å². The Labute approximate surface area is 86.3 Å². The van der Waals surface area contributed by atoms with E-state index in [1.807, 2.05) is 0 Å². The number of nitrogens with one attached hydrogen (secondary N) is 1. The number of ether oxygens (including phenoxy) is 2. The number of rotatable bonds is 6. The second kappa shape index (κ2) is 7.60. The van der Waals surface area contributed by atoms with E-state index in [1.165, 1.54) is 0 Å². The van der Waals surface area contributed by atoms with Crippen LogP contribution in [0.3, 0.4) is 0 Å². The molecule has 1 amide bonds. The summed E-state index contributed by atoms with van der Waals surface area (Å²) >= 11 is 0. The molecular weight excluding hydrogens is 206 g/mol. The van der Waals surface area contributed by atoms with Crippen LogP contribution in [0.4, 0.5) is 4.79 Å². The summed E-state index contributed by atoms with van der Waals surface area (Å²) in [5.74, 6) is -1.64. The maximum Gasteiger partial charge on any atom is 0.407 e. The van der Waals surface area contributed by atoms with Crippen LogP contribution in [-0.2, 0) is 19.1 Å². The summed E-state index contributed by atoms with van der Waals surface area (Å²) in [4.78, 5) is 31.6. The third kappa shape index (κ3) is 8.54. The fraction of sp³-hybridized carbons (Fsp3) is 0.625. The van der Waals surface area contributed by atoms with E-state index in [2.05, 4.69) is 14.8 Å². The highest BCUT2D eigenvalue weighted by Gasteiger charge is 2.07. The lowest BCUT2D eigenvalue weighted by Gasteiger charge is -2.05. The van der Waals surface area contributed by atoms with Gasteiger partial charge in [-0.25, -0.2) is 4.79 Å². The maximum atomic E-state index is 10.8. The minimum Gasteiger partial charge on any atom is -0.481 e. The number of carboxylic acids is 1. The van der Waals surface area contributed by atoms with Gasteiger partial charge in [0.05, 0.1) is 13.0 Å². The Hall–Kier alpha value is -1.79. The third-order valence-corrected chi connectivity index (χ3v) is 1.23. The van der Waals surface area contributed by atoms with Crippen molar-refractivity contribution < 1.29 is 29.0 Å². The van der Waals surface area contributed by atoms with Crippen LogP contribution in [-0.4, -0.2) is 42.9 Å². The molecule has 0 aromatic carbocycles. The van der Waals surface area contributed by atoms with Crippen molar-refractivity contribution >= 4 is 18.0 Å². The Kier molecular flexibility index (Phi) is 6.69. The van der Waals surface area contributed by atoms with Gasteiger partial charge in [0, 0.05) is 0 Å². The number of carboxylic acid groups (broad SMARTS) is 1. The minimum atomic E-state index is -1.06. The van der Waals surface area contributed by atoms with Gasteiger partial charge in [-0.2, -0.15) is 0 Å². The smallest absolute Gasteiger partial charge is 0.407 e. The summed E-state index contributed by atoms with van der Waals surface area (Å²) in [6, 6.07) is 0. The summed E-state index contributed by atoms with van der Waals surface area (Å²) in [6.07, 6.45) is -1.11. The SMILES string of the molecule is CCOC(=O)CNC(=O)OCCC(=O)O. The lowest BCUT2D eigenvalue weighted by Crippen LogP contribution is -2.31. The van der Waals surface area contributed by atoms with Gasteiger partial charge in [0.15, 0.2) is 0 Å². The molecule has 0 aromatic rings. The van der Waals surface area contributed by atoms with Gasteiger partial charge in [-0.1, -0.05) is 0 Å². The largest absolute Gasteiger partial charge is 0.481 e. The first kappa shape index (κ1) is 13.2. The van der Waals surface area contributed by atoms with Crippen molar-refractivity contribution in [2.75, 3.05) is 19.8 Å². The Bertz CT molecular complexity index is 239. The first-order valence-electron chi connectivity index (χ1n) is 4.34. The molecule has 0 aromatic heterocycles. The molecule has 0 aliphatic carbocycles. The molecule has 0 unspecified atom stereocenters. The zero-order chi connectivity index (χ0) is 11.7. The molecule has 0 radical (unpaired) electrons. The first-order chi connectivity index (χ1) is 7.06. The molecular formula is C8H13NO6. The normalized spacial score (nSPS) is 9.13. The number of hydrogen-bond acceptors (Lipinski definition) is 5. The molecule has 0 fully saturated rings. The van der Waals surface area contributed by atoms with Gasteiger partial charge in [0.25, 0.3) is 0 Å². The Morgan fingerprint density at radius 1 is 1.27 bits per heavy atom. The molecule has 0 heterocycles. The highest BCUT2D eigenvalue weighted by molar-refractivity contribution is 5.77. The molecule has 0 saturated carbocycles. The molecule has 0 aliphatic rings. The van der Waals surface area contributed by atoms with E-state index < -0.39 is 18.0 Å². The second-order valence-corrected chi connectivity index (χ2v) is 2.44. The number of amides is 1. The number of esters is 1. The van der Waals surface area contributed by atoms with Crippen LogP contribution in [0.1, 0.15) is 13.3 Å². The van der Waals surface area contributed by atoms with E-state index >= 15 is 0 Å². The molecule has 0 saturated heterocycles. The van der Waals surface area contributed by atoms with Gasteiger partial charge in [-0.3, -0.25) is 9.59 Å². The van der Waals surface area contributed by atoms with Crippen LogP contribution in [0, 0.1) is 0 Å². The average molecular weight is 219 g/mol. The van der Waals surface area contributed by atoms with Crippen molar-refractivity contribution in [3.05, 3.63) is 0 Å². The van der Waals surface area contributed by atoms with E-state index in [4.69, 9.17) is 5.11 Å². The van der Waals surface area contributed by atoms with Crippen molar-refractivity contribution in [2.24, 2.45) is 0 Å². The molecule has 15 heavy (non-hydrogen) atoms. The second-order valence-electron chi connectivity index (χ2n) is 2.44. The zero-order valence-electron chi connectivity index (χ0n) is 8.32. The molecule has 0 atom stereocenters. The Morgan fingerprint density at radius 2 is 1.93 bits per heavy atom. The van der Waals surface area contributed by atoms with Gasteiger partial charge < -0.3 is 19.9 Å². The molecule has 7 nitrogen and oxygen atoms in total. The fourth-order valence-electron chi connectivity index (χ4n) is 0.638. The molecule has 0 bridgehead atoms. The Balaban J connectivity index is 3.49. The maximum absolute atomic E-state index is 10.8. The topological polar surface area (TPSA) is 102 Å². The van der Waals surface area contributed by atoms with E-state index in [9.17, 15) is 14.4 Å². The molecule has 0 aliphatic heterocycles. The van der Waals surface area contributed by atoms with E-state index in [0.29, 0.717) is 0 Å². The quantitative estimate of drug-likeness (QED) is 0.597. The number of aliphatic carboxylic acids is 1.